The third-order valence-corrected chi connectivity index (χ3v) is 3.32. The minimum Gasteiger partial charge on any atom is -0.287 e. The molecule has 1 aromatic carbocycles. The second-order valence-electron chi connectivity index (χ2n) is 5.13. The van der Waals surface area contributed by atoms with Gasteiger partial charge in [-0.2, -0.15) is 30.7 Å². The third-order valence-electron chi connectivity index (χ3n) is 3.32. The van der Waals surface area contributed by atoms with Crippen LogP contribution in [0.4, 0.5) is 30.7 Å². The van der Waals surface area contributed by atoms with Gasteiger partial charge in [0.25, 0.3) is 0 Å². The zero-order valence-corrected chi connectivity index (χ0v) is 12.2. The maximum absolute atomic E-state index is 13.3. The van der Waals surface area contributed by atoms with E-state index >= 15 is 0 Å². The molecule has 0 unspecified atom stereocenters. The van der Waals surface area contributed by atoms with E-state index in [0.29, 0.717) is 12.0 Å². The molecule has 23 heavy (non-hydrogen) atoms. The van der Waals surface area contributed by atoms with Gasteiger partial charge in [0, 0.05) is 5.56 Å². The number of Topliss-reactive ketones (excluding diaryl/α,β-unsaturated/α-hetero) is 1. The van der Waals surface area contributed by atoms with Crippen molar-refractivity contribution in [1.82, 2.24) is 0 Å². The quantitative estimate of drug-likeness (QED) is 0.366. The van der Waals surface area contributed by atoms with Gasteiger partial charge in [-0.3, -0.25) is 4.79 Å². The highest BCUT2D eigenvalue weighted by Gasteiger charge is 2.76. The first-order valence-electron chi connectivity index (χ1n) is 6.91. The van der Waals surface area contributed by atoms with Gasteiger partial charge in [-0.15, -0.1) is 0 Å². The minimum absolute atomic E-state index is 0.595. The molecule has 0 fully saturated rings. The Hall–Kier alpha value is -1.60. The van der Waals surface area contributed by atoms with Crippen molar-refractivity contribution in [2.45, 2.75) is 50.6 Å². The Morgan fingerprint density at radius 2 is 1.43 bits per heavy atom. The highest BCUT2D eigenvalue weighted by atomic mass is 19.4. The van der Waals surface area contributed by atoms with Crippen LogP contribution in [0.3, 0.4) is 0 Å². The maximum Gasteiger partial charge on any atom is 0.460 e. The summed E-state index contributed by atoms with van der Waals surface area (Å²) in [6, 6.07) is 4.21. The molecule has 1 rings (SSSR count). The predicted molar refractivity (Wildman–Crippen MR) is 70.0 cm³/mol. The van der Waals surface area contributed by atoms with Crippen molar-refractivity contribution >= 4 is 5.78 Å². The second kappa shape index (κ2) is 6.88. The number of alkyl halides is 7. The standard InChI is InChI=1S/C15H15F7O/c1-2-3-4-5-10-6-8-11(9-7-10)12(23)13(16,17)14(18,19)15(20,21)22/h6-9H,2-5H2,1H3. The summed E-state index contributed by atoms with van der Waals surface area (Å²) in [6.45, 7) is 1.98. The number of ketones is 1. The molecule has 1 nitrogen and oxygen atoms in total. The van der Waals surface area contributed by atoms with Gasteiger partial charge in [-0.25, -0.2) is 0 Å². The van der Waals surface area contributed by atoms with E-state index in [-0.39, 0.29) is 0 Å². The summed E-state index contributed by atoms with van der Waals surface area (Å²) in [5.74, 6) is -14.9. The molecule has 0 spiro atoms. The maximum atomic E-state index is 13.3. The average Bonchev–Trinajstić information content (AvgIpc) is 2.46. The summed E-state index contributed by atoms with van der Waals surface area (Å²) in [7, 11) is 0. The van der Waals surface area contributed by atoms with Crippen molar-refractivity contribution < 1.29 is 35.5 Å². The minimum atomic E-state index is -6.52. The summed E-state index contributed by atoms with van der Waals surface area (Å²) < 4.78 is 88.5. The van der Waals surface area contributed by atoms with Crippen molar-refractivity contribution in [3.8, 4) is 0 Å². The zero-order chi connectivity index (χ0) is 17.9. The molecule has 0 atom stereocenters. The highest BCUT2D eigenvalue weighted by molar-refractivity contribution is 6.02. The Morgan fingerprint density at radius 3 is 1.87 bits per heavy atom. The van der Waals surface area contributed by atoms with E-state index in [2.05, 4.69) is 0 Å². The molecule has 1 aromatic rings. The van der Waals surface area contributed by atoms with Crippen molar-refractivity contribution in [3.05, 3.63) is 35.4 Å². The lowest BCUT2D eigenvalue weighted by atomic mass is 9.98. The molecule has 0 aliphatic heterocycles. The predicted octanol–water partition coefficient (Wildman–Crippen LogP) is 5.43. The number of benzene rings is 1. The Balaban J connectivity index is 2.96. The van der Waals surface area contributed by atoms with E-state index in [4.69, 9.17) is 0 Å². The Bertz CT molecular complexity index is 532. The lowest BCUT2D eigenvalue weighted by Gasteiger charge is -2.27. The van der Waals surface area contributed by atoms with Gasteiger partial charge in [-0.1, -0.05) is 44.0 Å². The number of aryl methyl sites for hydroxylation is 1. The first kappa shape index (κ1) is 19.4. The average molecular weight is 344 g/mol. The first-order valence-corrected chi connectivity index (χ1v) is 6.91. The summed E-state index contributed by atoms with van der Waals surface area (Å²) in [4.78, 5) is 11.4. The smallest absolute Gasteiger partial charge is 0.287 e. The molecular weight excluding hydrogens is 329 g/mol. The van der Waals surface area contributed by atoms with Crippen molar-refractivity contribution in [1.29, 1.82) is 0 Å². The van der Waals surface area contributed by atoms with Crippen molar-refractivity contribution in [2.75, 3.05) is 0 Å². The van der Waals surface area contributed by atoms with E-state index in [0.717, 1.165) is 31.4 Å². The molecule has 0 amide bonds. The van der Waals surface area contributed by atoms with E-state index in [9.17, 15) is 35.5 Å². The molecule has 0 aliphatic carbocycles. The lowest BCUT2D eigenvalue weighted by molar-refractivity contribution is -0.339. The topological polar surface area (TPSA) is 17.1 Å². The molecular formula is C15H15F7O. The van der Waals surface area contributed by atoms with Crippen LogP contribution < -0.4 is 0 Å². The van der Waals surface area contributed by atoms with Crippen LogP contribution in [0.15, 0.2) is 24.3 Å². The van der Waals surface area contributed by atoms with Gasteiger partial charge in [0.15, 0.2) is 0 Å². The molecule has 8 heteroatoms. The molecule has 0 heterocycles. The Kier molecular flexibility index (Phi) is 5.82. The zero-order valence-electron chi connectivity index (χ0n) is 12.2. The molecule has 0 saturated carbocycles. The summed E-state index contributed by atoms with van der Waals surface area (Å²) >= 11 is 0. The van der Waals surface area contributed by atoms with Gasteiger partial charge in [0.05, 0.1) is 0 Å². The number of hydrogen-bond acceptors (Lipinski definition) is 1. The Labute approximate surface area is 128 Å². The van der Waals surface area contributed by atoms with E-state index < -0.39 is 29.4 Å². The van der Waals surface area contributed by atoms with Gasteiger partial charge in [-0.05, 0) is 18.4 Å². The molecule has 0 bridgehead atoms. The van der Waals surface area contributed by atoms with Crippen LogP contribution in [0.25, 0.3) is 0 Å². The summed E-state index contributed by atoms with van der Waals surface area (Å²) in [5, 5.41) is 0. The Morgan fingerprint density at radius 1 is 0.913 bits per heavy atom. The van der Waals surface area contributed by atoms with Gasteiger partial charge >= 0.3 is 18.0 Å². The van der Waals surface area contributed by atoms with Crippen molar-refractivity contribution in [2.24, 2.45) is 0 Å². The fourth-order valence-electron chi connectivity index (χ4n) is 1.90. The SMILES string of the molecule is CCCCCc1ccc(C(=O)C(F)(F)C(F)(F)C(F)(F)F)cc1. The van der Waals surface area contributed by atoms with E-state index in [1.54, 1.807) is 0 Å². The second-order valence-corrected chi connectivity index (χ2v) is 5.13. The number of rotatable bonds is 7. The van der Waals surface area contributed by atoms with Crippen LogP contribution in [0, 0.1) is 0 Å². The van der Waals surface area contributed by atoms with Gasteiger partial charge < -0.3 is 0 Å². The van der Waals surface area contributed by atoms with Crippen LogP contribution in [-0.2, 0) is 6.42 Å². The van der Waals surface area contributed by atoms with Crippen LogP contribution in [0.1, 0.15) is 42.1 Å². The lowest BCUT2D eigenvalue weighted by Crippen LogP contribution is -2.56. The number of hydrogen-bond donors (Lipinski definition) is 0. The van der Waals surface area contributed by atoms with Gasteiger partial charge in [0.2, 0.25) is 5.78 Å². The molecule has 0 radical (unpaired) electrons. The van der Waals surface area contributed by atoms with Crippen LogP contribution in [0.2, 0.25) is 0 Å². The highest BCUT2D eigenvalue weighted by Crippen LogP contribution is 2.47. The fourth-order valence-corrected chi connectivity index (χ4v) is 1.90. The largest absolute Gasteiger partial charge is 0.460 e. The first-order chi connectivity index (χ1) is 10.4. The molecule has 0 aliphatic rings. The normalized spacial score (nSPS) is 13.2. The fraction of sp³-hybridized carbons (Fsp3) is 0.533. The molecule has 130 valence electrons. The van der Waals surface area contributed by atoms with Crippen LogP contribution in [-0.4, -0.2) is 23.8 Å². The van der Waals surface area contributed by atoms with E-state index in [1.165, 1.54) is 12.1 Å². The van der Waals surface area contributed by atoms with E-state index in [1.807, 2.05) is 6.92 Å². The molecule has 0 N–H and O–H groups in total. The summed E-state index contributed by atoms with van der Waals surface area (Å²) in [5.41, 5.74) is -0.209. The number of unbranched alkanes of at least 4 members (excludes halogenated alkanes) is 2. The summed E-state index contributed by atoms with van der Waals surface area (Å²) in [6.07, 6.45) is -3.23. The molecule has 0 aromatic heterocycles. The number of carbonyl (C=O) groups excluding carboxylic acids is 1. The number of carbonyl (C=O) groups is 1. The number of halogens is 7. The van der Waals surface area contributed by atoms with Crippen LogP contribution >= 0.6 is 0 Å². The van der Waals surface area contributed by atoms with Crippen LogP contribution in [0.5, 0.6) is 0 Å². The molecule has 0 saturated heterocycles. The third kappa shape index (κ3) is 4.03. The van der Waals surface area contributed by atoms with Gasteiger partial charge in [0.1, 0.15) is 0 Å². The monoisotopic (exact) mass is 344 g/mol. The van der Waals surface area contributed by atoms with Crippen molar-refractivity contribution in [3.63, 3.8) is 0 Å².